The van der Waals surface area contributed by atoms with Crippen LogP contribution in [0.4, 0.5) is 14.5 Å². The van der Waals surface area contributed by atoms with Crippen molar-refractivity contribution in [2.45, 2.75) is 6.04 Å². The van der Waals surface area contributed by atoms with Crippen LogP contribution in [0.3, 0.4) is 0 Å². The zero-order chi connectivity index (χ0) is 14.7. The van der Waals surface area contributed by atoms with Crippen LogP contribution in [0.5, 0.6) is 0 Å². The average Bonchev–Trinajstić information content (AvgIpc) is 2.43. The molecular formula is C15H15ClF2N2. The molecule has 0 aliphatic rings. The maximum absolute atomic E-state index is 13.6. The maximum Gasteiger partial charge on any atom is 0.142 e. The molecule has 0 aliphatic heterocycles. The van der Waals surface area contributed by atoms with Crippen LogP contribution in [-0.2, 0) is 0 Å². The fourth-order valence-electron chi connectivity index (χ4n) is 2.11. The molecular weight excluding hydrogens is 282 g/mol. The molecule has 0 aromatic heterocycles. The van der Waals surface area contributed by atoms with Gasteiger partial charge in [-0.25, -0.2) is 8.78 Å². The Morgan fingerprint density at radius 3 is 2.55 bits per heavy atom. The summed E-state index contributed by atoms with van der Waals surface area (Å²) in [4.78, 5) is 1.81. The molecule has 0 saturated carbocycles. The second-order valence-electron chi connectivity index (χ2n) is 4.52. The van der Waals surface area contributed by atoms with Crippen LogP contribution < -0.4 is 10.6 Å². The molecule has 0 amide bonds. The summed E-state index contributed by atoms with van der Waals surface area (Å²) in [5.74, 6) is -0.817. The number of benzene rings is 2. The molecule has 2 rings (SSSR count). The second-order valence-corrected chi connectivity index (χ2v) is 4.92. The predicted octanol–water partition coefficient (Wildman–Crippen LogP) is 3.75. The lowest BCUT2D eigenvalue weighted by Crippen LogP contribution is -2.30. The lowest BCUT2D eigenvalue weighted by atomic mass is 10.0. The van der Waals surface area contributed by atoms with Crippen LogP contribution >= 0.6 is 11.6 Å². The number of nitrogens with two attached hydrogens (primary N) is 1. The van der Waals surface area contributed by atoms with E-state index in [1.54, 1.807) is 25.2 Å². The van der Waals surface area contributed by atoms with Crippen molar-refractivity contribution >= 4 is 17.3 Å². The molecule has 2 N–H and O–H groups in total. The van der Waals surface area contributed by atoms with Gasteiger partial charge >= 0.3 is 0 Å². The van der Waals surface area contributed by atoms with Gasteiger partial charge in [-0.1, -0.05) is 23.7 Å². The van der Waals surface area contributed by atoms with Crippen LogP contribution in [0.2, 0.25) is 5.02 Å². The van der Waals surface area contributed by atoms with E-state index in [0.717, 1.165) is 0 Å². The highest BCUT2D eigenvalue weighted by Crippen LogP contribution is 2.27. The number of halogens is 3. The fraction of sp³-hybridized carbons (Fsp3) is 0.200. The monoisotopic (exact) mass is 296 g/mol. The Morgan fingerprint density at radius 2 is 1.95 bits per heavy atom. The minimum atomic E-state index is -0.491. The fourth-order valence-corrected chi connectivity index (χ4v) is 2.23. The largest absolute Gasteiger partial charge is 0.366 e. The van der Waals surface area contributed by atoms with Gasteiger partial charge in [-0.2, -0.15) is 0 Å². The number of nitrogens with zero attached hydrogens (tertiary/aromatic N) is 1. The summed E-state index contributed by atoms with van der Waals surface area (Å²) in [5, 5.41) is 0.0675. The van der Waals surface area contributed by atoms with Gasteiger partial charge in [0, 0.05) is 19.3 Å². The molecule has 0 fully saturated rings. The molecule has 1 atom stereocenters. The van der Waals surface area contributed by atoms with Gasteiger partial charge in [-0.3, -0.25) is 0 Å². The molecule has 106 valence electrons. The first kappa shape index (κ1) is 14.8. The van der Waals surface area contributed by atoms with Crippen LogP contribution in [-0.4, -0.2) is 13.6 Å². The molecule has 0 aliphatic carbocycles. The number of anilines is 1. The normalized spacial score (nSPS) is 12.2. The Hall–Kier alpha value is -1.65. The SMILES string of the molecule is CN(c1cccc(F)c1)C(CN)c1ccc(Cl)c(F)c1. The summed E-state index contributed by atoms with van der Waals surface area (Å²) < 4.78 is 26.8. The average molecular weight is 297 g/mol. The molecule has 2 aromatic rings. The van der Waals surface area contributed by atoms with Crippen LogP contribution in [0.1, 0.15) is 11.6 Å². The summed E-state index contributed by atoms with van der Waals surface area (Å²) >= 11 is 5.68. The number of hydrogen-bond donors (Lipinski definition) is 1. The first-order valence-electron chi connectivity index (χ1n) is 6.16. The molecule has 5 heteroatoms. The van der Waals surface area contributed by atoms with Gasteiger partial charge in [0.25, 0.3) is 0 Å². The maximum atomic E-state index is 13.6. The van der Waals surface area contributed by atoms with E-state index in [4.69, 9.17) is 17.3 Å². The minimum Gasteiger partial charge on any atom is -0.366 e. The lowest BCUT2D eigenvalue weighted by Gasteiger charge is -2.29. The summed E-state index contributed by atoms with van der Waals surface area (Å²) in [6.45, 7) is 0.272. The molecule has 0 bridgehead atoms. The van der Waals surface area contributed by atoms with Crippen molar-refractivity contribution in [3.63, 3.8) is 0 Å². The first-order chi connectivity index (χ1) is 9.52. The van der Waals surface area contributed by atoms with E-state index in [0.29, 0.717) is 11.3 Å². The third-order valence-corrected chi connectivity index (χ3v) is 3.54. The van der Waals surface area contributed by atoms with Gasteiger partial charge in [-0.15, -0.1) is 0 Å². The van der Waals surface area contributed by atoms with Crippen molar-refractivity contribution in [3.8, 4) is 0 Å². The van der Waals surface area contributed by atoms with E-state index in [9.17, 15) is 8.78 Å². The van der Waals surface area contributed by atoms with Crippen molar-refractivity contribution < 1.29 is 8.78 Å². The summed E-state index contributed by atoms with van der Waals surface area (Å²) in [6.07, 6.45) is 0. The van der Waals surface area contributed by atoms with E-state index in [2.05, 4.69) is 0 Å². The highest BCUT2D eigenvalue weighted by molar-refractivity contribution is 6.30. The van der Waals surface area contributed by atoms with Crippen molar-refractivity contribution in [2.75, 3.05) is 18.5 Å². The molecule has 0 heterocycles. The highest BCUT2D eigenvalue weighted by atomic mass is 35.5. The second kappa shape index (κ2) is 6.20. The minimum absolute atomic E-state index is 0.0675. The van der Waals surface area contributed by atoms with Gasteiger partial charge < -0.3 is 10.6 Å². The van der Waals surface area contributed by atoms with Gasteiger partial charge in [0.05, 0.1) is 11.1 Å². The number of likely N-dealkylation sites (N-methyl/N-ethyl adjacent to an activating group) is 1. The zero-order valence-corrected chi connectivity index (χ0v) is 11.7. The Labute approximate surface area is 121 Å². The summed E-state index contributed by atoms with van der Waals surface area (Å²) in [5.41, 5.74) is 7.15. The van der Waals surface area contributed by atoms with Crippen molar-refractivity contribution in [1.82, 2.24) is 0 Å². The molecule has 2 nitrogen and oxygen atoms in total. The van der Waals surface area contributed by atoms with Crippen molar-refractivity contribution in [3.05, 3.63) is 64.7 Å². The van der Waals surface area contributed by atoms with Gasteiger partial charge in [0.2, 0.25) is 0 Å². The molecule has 0 saturated heterocycles. The highest BCUT2D eigenvalue weighted by Gasteiger charge is 2.17. The van der Waals surface area contributed by atoms with E-state index in [1.807, 2.05) is 4.90 Å². The Kier molecular flexibility index (Phi) is 4.57. The zero-order valence-electron chi connectivity index (χ0n) is 11.0. The summed E-state index contributed by atoms with van der Waals surface area (Å²) in [7, 11) is 1.79. The van der Waals surface area contributed by atoms with Gasteiger partial charge in [0.1, 0.15) is 11.6 Å². The predicted molar refractivity (Wildman–Crippen MR) is 78.0 cm³/mol. The van der Waals surface area contributed by atoms with Crippen molar-refractivity contribution in [2.24, 2.45) is 5.73 Å². The number of rotatable bonds is 4. The third-order valence-electron chi connectivity index (χ3n) is 3.23. The van der Waals surface area contributed by atoms with Gasteiger partial charge in [-0.05, 0) is 35.9 Å². The Bertz CT molecular complexity index is 604. The van der Waals surface area contributed by atoms with Gasteiger partial charge in [0.15, 0.2) is 0 Å². The third kappa shape index (κ3) is 3.08. The quantitative estimate of drug-likeness (QED) is 0.931. The number of hydrogen-bond acceptors (Lipinski definition) is 2. The van der Waals surface area contributed by atoms with E-state index in [1.165, 1.54) is 24.3 Å². The molecule has 2 aromatic carbocycles. The Morgan fingerprint density at radius 1 is 1.20 bits per heavy atom. The van der Waals surface area contributed by atoms with Crippen molar-refractivity contribution in [1.29, 1.82) is 0 Å². The Balaban J connectivity index is 2.33. The molecule has 0 radical (unpaired) electrons. The first-order valence-corrected chi connectivity index (χ1v) is 6.54. The molecule has 0 spiro atoms. The van der Waals surface area contributed by atoms with E-state index < -0.39 is 5.82 Å². The van der Waals surface area contributed by atoms with Crippen LogP contribution in [0.15, 0.2) is 42.5 Å². The van der Waals surface area contributed by atoms with E-state index in [-0.39, 0.29) is 23.4 Å². The van der Waals surface area contributed by atoms with E-state index >= 15 is 0 Å². The summed E-state index contributed by atoms with van der Waals surface area (Å²) in [6, 6.07) is 10.5. The standard InChI is InChI=1S/C15H15ClF2N2/c1-20(12-4-2-3-11(17)8-12)15(9-19)10-5-6-13(16)14(18)7-10/h2-8,15H,9,19H2,1H3. The topological polar surface area (TPSA) is 29.3 Å². The lowest BCUT2D eigenvalue weighted by molar-refractivity contribution is 0.612. The molecule has 20 heavy (non-hydrogen) atoms. The van der Waals surface area contributed by atoms with Crippen LogP contribution in [0.25, 0.3) is 0 Å². The smallest absolute Gasteiger partial charge is 0.142 e. The molecule has 1 unspecified atom stereocenters. The van der Waals surface area contributed by atoms with Crippen LogP contribution in [0, 0.1) is 11.6 Å².